The summed E-state index contributed by atoms with van der Waals surface area (Å²) in [5.74, 6) is 0.445. The first-order valence-electron chi connectivity index (χ1n) is 6.43. The van der Waals surface area contributed by atoms with Crippen LogP contribution in [0.4, 0.5) is 0 Å². The van der Waals surface area contributed by atoms with E-state index in [1.54, 1.807) is 6.92 Å². The van der Waals surface area contributed by atoms with Crippen LogP contribution in [0.25, 0.3) is 0 Å². The SMILES string of the molecule is Cc1oncc1C(=O)NCC1NCCCC1(C)C. The van der Waals surface area contributed by atoms with Crippen molar-refractivity contribution in [3.8, 4) is 0 Å². The number of rotatable bonds is 3. The average Bonchev–Trinajstić information content (AvgIpc) is 2.73. The van der Waals surface area contributed by atoms with Crippen molar-refractivity contribution in [3.63, 3.8) is 0 Å². The molecule has 1 aromatic heterocycles. The van der Waals surface area contributed by atoms with Crippen LogP contribution in [0, 0.1) is 12.3 Å². The summed E-state index contributed by atoms with van der Waals surface area (Å²) in [7, 11) is 0. The van der Waals surface area contributed by atoms with Crippen LogP contribution in [0.5, 0.6) is 0 Å². The molecule has 1 amide bonds. The highest BCUT2D eigenvalue weighted by molar-refractivity contribution is 5.94. The second-order valence-corrected chi connectivity index (χ2v) is 5.60. The molecular formula is C13H21N3O2. The zero-order valence-corrected chi connectivity index (χ0v) is 11.2. The number of nitrogens with one attached hydrogen (secondary N) is 2. The van der Waals surface area contributed by atoms with Gasteiger partial charge in [-0.1, -0.05) is 19.0 Å². The van der Waals surface area contributed by atoms with E-state index in [-0.39, 0.29) is 11.3 Å². The van der Waals surface area contributed by atoms with Crippen LogP contribution in [0.15, 0.2) is 10.7 Å². The minimum absolute atomic E-state index is 0.114. The van der Waals surface area contributed by atoms with E-state index in [0.29, 0.717) is 23.9 Å². The third-order valence-corrected chi connectivity index (χ3v) is 3.79. The fourth-order valence-electron chi connectivity index (χ4n) is 2.43. The van der Waals surface area contributed by atoms with Gasteiger partial charge >= 0.3 is 0 Å². The molecule has 1 unspecified atom stereocenters. The first-order valence-corrected chi connectivity index (χ1v) is 6.43. The van der Waals surface area contributed by atoms with Crippen molar-refractivity contribution >= 4 is 5.91 Å². The van der Waals surface area contributed by atoms with Crippen molar-refractivity contribution < 1.29 is 9.32 Å². The maximum absolute atomic E-state index is 11.9. The predicted octanol–water partition coefficient (Wildman–Crippen LogP) is 1.49. The molecule has 1 atom stereocenters. The zero-order valence-electron chi connectivity index (χ0n) is 11.2. The lowest BCUT2D eigenvalue weighted by molar-refractivity contribution is 0.0927. The molecule has 2 N–H and O–H groups in total. The zero-order chi connectivity index (χ0) is 13.2. The van der Waals surface area contributed by atoms with Gasteiger partial charge in [-0.2, -0.15) is 0 Å². The van der Waals surface area contributed by atoms with Crippen LogP contribution >= 0.6 is 0 Å². The minimum Gasteiger partial charge on any atom is -0.361 e. The summed E-state index contributed by atoms with van der Waals surface area (Å²) in [6, 6.07) is 0.315. The standard InChI is InChI=1S/C13H21N3O2/c1-9-10(7-16-18-9)12(17)15-8-11-13(2,3)5-4-6-14-11/h7,11,14H,4-6,8H2,1-3H3,(H,15,17). The van der Waals surface area contributed by atoms with E-state index in [4.69, 9.17) is 4.52 Å². The van der Waals surface area contributed by atoms with Crippen molar-refractivity contribution in [1.82, 2.24) is 15.8 Å². The molecule has 0 bridgehead atoms. The van der Waals surface area contributed by atoms with Crippen molar-refractivity contribution in [2.24, 2.45) is 5.41 Å². The predicted molar refractivity (Wildman–Crippen MR) is 68.4 cm³/mol. The molecule has 0 saturated carbocycles. The summed E-state index contributed by atoms with van der Waals surface area (Å²) < 4.78 is 4.89. The monoisotopic (exact) mass is 251 g/mol. The Morgan fingerprint density at radius 1 is 1.67 bits per heavy atom. The fourth-order valence-corrected chi connectivity index (χ4v) is 2.43. The second-order valence-electron chi connectivity index (χ2n) is 5.60. The van der Waals surface area contributed by atoms with Gasteiger partial charge in [0.2, 0.25) is 0 Å². The Bertz CT molecular complexity index is 426. The highest BCUT2D eigenvalue weighted by Gasteiger charge is 2.32. The molecule has 5 nitrogen and oxygen atoms in total. The summed E-state index contributed by atoms with van der Waals surface area (Å²) in [6.07, 6.45) is 3.85. The normalized spacial score (nSPS) is 22.7. The molecule has 0 aliphatic carbocycles. The molecule has 18 heavy (non-hydrogen) atoms. The van der Waals surface area contributed by atoms with Crippen LogP contribution < -0.4 is 10.6 Å². The number of aryl methyl sites for hydroxylation is 1. The number of nitrogens with zero attached hydrogens (tertiary/aromatic N) is 1. The maximum Gasteiger partial charge on any atom is 0.256 e. The molecule has 5 heteroatoms. The molecule has 2 heterocycles. The van der Waals surface area contributed by atoms with Crippen LogP contribution in [0.1, 0.15) is 42.8 Å². The molecule has 1 fully saturated rings. The number of amides is 1. The number of carbonyl (C=O) groups excluding carboxylic acids is 1. The van der Waals surface area contributed by atoms with Crippen molar-refractivity contribution in [2.75, 3.05) is 13.1 Å². The Hall–Kier alpha value is -1.36. The molecule has 1 aliphatic heterocycles. The van der Waals surface area contributed by atoms with Crippen LogP contribution in [0.2, 0.25) is 0 Å². The summed E-state index contributed by atoms with van der Waals surface area (Å²) in [5, 5.41) is 10.0. The Balaban J connectivity index is 1.91. The van der Waals surface area contributed by atoms with Crippen molar-refractivity contribution in [3.05, 3.63) is 17.5 Å². The summed E-state index contributed by atoms with van der Waals surface area (Å²) in [6.45, 7) is 7.87. The number of hydrogen-bond donors (Lipinski definition) is 2. The van der Waals surface area contributed by atoms with Gasteiger partial charge in [-0.25, -0.2) is 0 Å². The fraction of sp³-hybridized carbons (Fsp3) is 0.692. The molecule has 0 aromatic carbocycles. The minimum atomic E-state index is -0.114. The van der Waals surface area contributed by atoms with Gasteiger partial charge in [0.05, 0.1) is 6.20 Å². The number of piperidine rings is 1. The second kappa shape index (κ2) is 5.10. The van der Waals surface area contributed by atoms with Crippen molar-refractivity contribution in [2.45, 2.75) is 39.7 Å². The summed E-state index contributed by atoms with van der Waals surface area (Å²) in [4.78, 5) is 11.9. The Labute approximate surface area is 107 Å². The summed E-state index contributed by atoms with van der Waals surface area (Å²) in [5.41, 5.74) is 0.735. The van der Waals surface area contributed by atoms with E-state index in [9.17, 15) is 4.79 Å². The average molecular weight is 251 g/mol. The molecule has 0 spiro atoms. The summed E-state index contributed by atoms with van der Waals surface area (Å²) >= 11 is 0. The molecule has 0 radical (unpaired) electrons. The van der Waals surface area contributed by atoms with Gasteiger partial charge in [-0.3, -0.25) is 4.79 Å². The van der Waals surface area contributed by atoms with E-state index in [1.807, 2.05) is 0 Å². The van der Waals surface area contributed by atoms with Gasteiger partial charge in [-0.15, -0.1) is 0 Å². The number of aromatic nitrogens is 1. The first kappa shape index (κ1) is 13.1. The molecular weight excluding hydrogens is 230 g/mol. The number of carbonyl (C=O) groups is 1. The Morgan fingerprint density at radius 2 is 2.44 bits per heavy atom. The first-order chi connectivity index (χ1) is 8.50. The van der Waals surface area contributed by atoms with E-state index in [2.05, 4.69) is 29.6 Å². The molecule has 1 saturated heterocycles. The van der Waals surface area contributed by atoms with E-state index >= 15 is 0 Å². The van der Waals surface area contributed by atoms with Crippen LogP contribution in [0.3, 0.4) is 0 Å². The maximum atomic E-state index is 11.9. The third kappa shape index (κ3) is 2.72. The van der Waals surface area contributed by atoms with Gasteiger partial charge in [0.1, 0.15) is 11.3 Å². The molecule has 1 aliphatic rings. The van der Waals surface area contributed by atoms with Gasteiger partial charge in [0.15, 0.2) is 0 Å². The molecule has 100 valence electrons. The van der Waals surface area contributed by atoms with Crippen LogP contribution in [-0.2, 0) is 0 Å². The van der Waals surface area contributed by atoms with E-state index < -0.39 is 0 Å². The lowest BCUT2D eigenvalue weighted by Crippen LogP contribution is -2.52. The Kier molecular flexibility index (Phi) is 3.71. The molecule has 1 aromatic rings. The van der Waals surface area contributed by atoms with Gasteiger partial charge in [0.25, 0.3) is 5.91 Å². The van der Waals surface area contributed by atoms with Crippen molar-refractivity contribution in [1.29, 1.82) is 0 Å². The van der Waals surface area contributed by atoms with E-state index in [1.165, 1.54) is 19.0 Å². The smallest absolute Gasteiger partial charge is 0.256 e. The topological polar surface area (TPSA) is 67.2 Å². The number of hydrogen-bond acceptors (Lipinski definition) is 4. The van der Waals surface area contributed by atoms with Gasteiger partial charge in [0, 0.05) is 12.6 Å². The van der Waals surface area contributed by atoms with Gasteiger partial charge < -0.3 is 15.2 Å². The third-order valence-electron chi connectivity index (χ3n) is 3.79. The van der Waals surface area contributed by atoms with Crippen LogP contribution in [-0.4, -0.2) is 30.2 Å². The highest BCUT2D eigenvalue weighted by atomic mass is 16.5. The molecule has 2 rings (SSSR count). The largest absolute Gasteiger partial charge is 0.361 e. The quantitative estimate of drug-likeness (QED) is 0.854. The van der Waals surface area contributed by atoms with Gasteiger partial charge in [-0.05, 0) is 31.7 Å². The van der Waals surface area contributed by atoms with E-state index in [0.717, 1.165) is 6.54 Å². The lowest BCUT2D eigenvalue weighted by atomic mass is 9.77. The Morgan fingerprint density at radius 3 is 3.06 bits per heavy atom. The lowest BCUT2D eigenvalue weighted by Gasteiger charge is -2.39. The highest BCUT2D eigenvalue weighted by Crippen LogP contribution is 2.29.